The Morgan fingerprint density at radius 3 is 2.62 bits per heavy atom. The maximum atomic E-state index is 13.3. The number of halogens is 3. The van der Waals surface area contributed by atoms with Gasteiger partial charge in [0.2, 0.25) is 0 Å². The summed E-state index contributed by atoms with van der Waals surface area (Å²) in [4.78, 5) is 3.05. The molecule has 3 aromatic heterocycles. The first-order valence-electron chi connectivity index (χ1n) is 7.97. The Hall–Kier alpha value is -3.29. The monoisotopic (exact) mass is 355 g/mol. The third kappa shape index (κ3) is 2.11. The molecule has 0 atom stereocenters. The largest absolute Gasteiger partial charge is 0.416 e. The molecule has 8 heteroatoms. The molecule has 1 N–H and O–H groups in total. The maximum absolute atomic E-state index is 13.3. The number of H-pyrrole nitrogens is 1. The molecule has 0 amide bonds. The highest BCUT2D eigenvalue weighted by Gasteiger charge is 2.33. The molecule has 26 heavy (non-hydrogen) atoms. The minimum absolute atomic E-state index is 0.438. The van der Waals surface area contributed by atoms with Crippen molar-refractivity contribution in [2.75, 3.05) is 0 Å². The third-order valence-electron chi connectivity index (χ3n) is 4.55. The number of fused-ring (bicyclic) bond motifs is 5. The molecule has 0 spiro atoms. The van der Waals surface area contributed by atoms with E-state index in [0.29, 0.717) is 29.6 Å². The number of aromatic amines is 1. The summed E-state index contributed by atoms with van der Waals surface area (Å²) < 4.78 is 43.5. The molecule has 0 saturated heterocycles. The summed E-state index contributed by atoms with van der Waals surface area (Å²) in [5.41, 5.74) is 2.00. The van der Waals surface area contributed by atoms with Crippen LogP contribution in [0.4, 0.5) is 13.2 Å². The summed E-state index contributed by atoms with van der Waals surface area (Å²) in [7, 11) is 0. The Labute approximate surface area is 145 Å². The minimum atomic E-state index is -4.42. The average Bonchev–Trinajstić information content (AvgIpc) is 3.32. The van der Waals surface area contributed by atoms with Crippen molar-refractivity contribution in [3.8, 4) is 28.7 Å². The van der Waals surface area contributed by atoms with Crippen LogP contribution < -0.4 is 0 Å². The number of rotatable bonds is 1. The Morgan fingerprint density at radius 1 is 1.00 bits per heavy atom. The molecule has 4 heterocycles. The van der Waals surface area contributed by atoms with E-state index in [9.17, 15) is 13.2 Å². The van der Waals surface area contributed by atoms with Crippen molar-refractivity contribution in [1.82, 2.24) is 24.3 Å². The van der Waals surface area contributed by atoms with Gasteiger partial charge in [0.1, 0.15) is 0 Å². The quantitative estimate of drug-likeness (QED) is 0.492. The molecule has 4 aromatic rings. The van der Waals surface area contributed by atoms with Crippen molar-refractivity contribution in [1.29, 1.82) is 0 Å². The Morgan fingerprint density at radius 2 is 1.85 bits per heavy atom. The smallest absolute Gasteiger partial charge is 0.359 e. The van der Waals surface area contributed by atoms with Crippen LogP contribution >= 0.6 is 0 Å². The molecular weight excluding hydrogens is 343 g/mol. The van der Waals surface area contributed by atoms with Crippen LogP contribution in [0, 0.1) is 0 Å². The van der Waals surface area contributed by atoms with E-state index in [-0.39, 0.29) is 0 Å². The SMILES string of the molecule is FC(F)(F)c1ccc2c(c1)-n1c(-c3ccc[nH]3)nnc1-c1cccn1C2. The summed E-state index contributed by atoms with van der Waals surface area (Å²) in [6.07, 6.45) is -0.795. The summed E-state index contributed by atoms with van der Waals surface area (Å²) >= 11 is 0. The summed E-state index contributed by atoms with van der Waals surface area (Å²) in [6.45, 7) is 0.462. The zero-order valence-corrected chi connectivity index (χ0v) is 13.3. The van der Waals surface area contributed by atoms with Crippen molar-refractivity contribution < 1.29 is 13.2 Å². The fraction of sp³-hybridized carbons (Fsp3) is 0.111. The van der Waals surface area contributed by atoms with E-state index in [1.165, 1.54) is 12.1 Å². The zero-order valence-electron chi connectivity index (χ0n) is 13.3. The summed E-state index contributed by atoms with van der Waals surface area (Å²) in [5.74, 6) is 0.984. The lowest BCUT2D eigenvalue weighted by molar-refractivity contribution is -0.137. The van der Waals surface area contributed by atoms with Gasteiger partial charge in [-0.2, -0.15) is 13.2 Å². The van der Waals surface area contributed by atoms with Gasteiger partial charge in [-0.1, -0.05) is 6.07 Å². The molecule has 0 unspecified atom stereocenters. The van der Waals surface area contributed by atoms with Gasteiger partial charge in [0.05, 0.1) is 22.6 Å². The van der Waals surface area contributed by atoms with Gasteiger partial charge >= 0.3 is 6.18 Å². The molecule has 0 saturated carbocycles. The van der Waals surface area contributed by atoms with Crippen molar-refractivity contribution in [2.45, 2.75) is 12.7 Å². The molecule has 130 valence electrons. The van der Waals surface area contributed by atoms with Crippen LogP contribution in [-0.4, -0.2) is 24.3 Å². The molecule has 0 fully saturated rings. The van der Waals surface area contributed by atoms with Crippen LogP contribution in [0.25, 0.3) is 28.7 Å². The number of benzene rings is 1. The molecule has 5 nitrogen and oxygen atoms in total. The summed E-state index contributed by atoms with van der Waals surface area (Å²) in [5, 5.41) is 8.51. The van der Waals surface area contributed by atoms with Gasteiger partial charge in [-0.15, -0.1) is 10.2 Å². The first-order chi connectivity index (χ1) is 12.5. The lowest BCUT2D eigenvalue weighted by Gasteiger charge is -2.14. The zero-order chi connectivity index (χ0) is 17.9. The van der Waals surface area contributed by atoms with Crippen LogP contribution in [0.15, 0.2) is 54.9 Å². The highest BCUT2D eigenvalue weighted by atomic mass is 19.4. The predicted molar refractivity (Wildman–Crippen MR) is 88.7 cm³/mol. The lowest BCUT2D eigenvalue weighted by Crippen LogP contribution is -2.09. The van der Waals surface area contributed by atoms with Crippen molar-refractivity contribution in [3.63, 3.8) is 0 Å². The normalized spacial score (nSPS) is 13.0. The number of hydrogen-bond acceptors (Lipinski definition) is 2. The standard InChI is InChI=1S/C18H12F3N5/c19-18(20,21)12-6-5-11-10-25-8-2-4-14(25)17-24-23-16(13-3-1-7-22-13)26(17)15(11)9-12/h1-9,22H,10H2. The first kappa shape index (κ1) is 15.0. The average molecular weight is 355 g/mol. The molecule has 1 aromatic carbocycles. The van der Waals surface area contributed by atoms with Crippen LogP contribution in [0.2, 0.25) is 0 Å². The van der Waals surface area contributed by atoms with Gasteiger partial charge in [-0.3, -0.25) is 4.57 Å². The number of nitrogens with one attached hydrogen (secondary N) is 1. The minimum Gasteiger partial charge on any atom is -0.359 e. The summed E-state index contributed by atoms with van der Waals surface area (Å²) in [6, 6.07) is 11.2. The van der Waals surface area contributed by atoms with Crippen LogP contribution in [0.1, 0.15) is 11.1 Å². The molecule has 5 rings (SSSR count). The second-order valence-electron chi connectivity index (χ2n) is 6.13. The fourth-order valence-corrected chi connectivity index (χ4v) is 3.34. The maximum Gasteiger partial charge on any atom is 0.416 e. The van der Waals surface area contributed by atoms with E-state index in [0.717, 1.165) is 17.3 Å². The number of aromatic nitrogens is 5. The van der Waals surface area contributed by atoms with E-state index in [2.05, 4.69) is 15.2 Å². The fourth-order valence-electron chi connectivity index (χ4n) is 3.34. The van der Waals surface area contributed by atoms with Gasteiger partial charge < -0.3 is 9.55 Å². The van der Waals surface area contributed by atoms with E-state index in [1.807, 2.05) is 35.0 Å². The highest BCUT2D eigenvalue weighted by molar-refractivity contribution is 5.66. The van der Waals surface area contributed by atoms with Crippen molar-refractivity contribution in [3.05, 3.63) is 66.0 Å². The van der Waals surface area contributed by atoms with Gasteiger partial charge in [-0.25, -0.2) is 0 Å². The topological polar surface area (TPSA) is 51.4 Å². The van der Waals surface area contributed by atoms with E-state index < -0.39 is 11.7 Å². The molecular formula is C18H12F3N5. The second-order valence-corrected chi connectivity index (χ2v) is 6.13. The molecule has 1 aliphatic heterocycles. The Bertz CT molecular complexity index is 1100. The van der Waals surface area contributed by atoms with Gasteiger partial charge in [-0.05, 0) is 42.0 Å². The highest BCUT2D eigenvalue weighted by Crippen LogP contribution is 2.37. The van der Waals surface area contributed by atoms with E-state index >= 15 is 0 Å². The number of hydrogen-bond donors (Lipinski definition) is 1. The Kier molecular flexibility index (Phi) is 2.95. The third-order valence-corrected chi connectivity index (χ3v) is 4.55. The molecule has 0 bridgehead atoms. The van der Waals surface area contributed by atoms with Crippen molar-refractivity contribution in [2.24, 2.45) is 0 Å². The van der Waals surface area contributed by atoms with Gasteiger partial charge in [0.15, 0.2) is 11.6 Å². The Balaban J connectivity index is 1.85. The van der Waals surface area contributed by atoms with Crippen LogP contribution in [0.3, 0.4) is 0 Å². The molecule has 0 aliphatic carbocycles. The van der Waals surface area contributed by atoms with Crippen LogP contribution in [-0.2, 0) is 12.7 Å². The van der Waals surface area contributed by atoms with E-state index in [1.54, 1.807) is 10.8 Å². The number of alkyl halides is 3. The van der Waals surface area contributed by atoms with Gasteiger partial charge in [0, 0.05) is 18.9 Å². The van der Waals surface area contributed by atoms with Gasteiger partial charge in [0.25, 0.3) is 0 Å². The van der Waals surface area contributed by atoms with E-state index in [4.69, 9.17) is 0 Å². The lowest BCUT2D eigenvalue weighted by atomic mass is 10.1. The molecule has 0 radical (unpaired) electrons. The van der Waals surface area contributed by atoms with Crippen molar-refractivity contribution >= 4 is 0 Å². The predicted octanol–water partition coefficient (Wildman–Crippen LogP) is 4.11. The second kappa shape index (κ2) is 5.10. The van der Waals surface area contributed by atoms with Crippen LogP contribution in [0.5, 0.6) is 0 Å². The first-order valence-corrected chi connectivity index (χ1v) is 7.97. The number of nitrogens with zero attached hydrogens (tertiary/aromatic N) is 4. The molecule has 1 aliphatic rings.